The fraction of sp³-hybridized carbons (Fsp3) is 1.00. The van der Waals surface area contributed by atoms with Crippen LogP contribution in [0.25, 0.3) is 0 Å². The van der Waals surface area contributed by atoms with Gasteiger partial charge in [0.1, 0.15) is 0 Å². The third-order valence-corrected chi connectivity index (χ3v) is 4.62. The molecule has 1 aliphatic carbocycles. The maximum atomic E-state index is 3.78. The molecule has 1 rings (SSSR count). The molecule has 0 unspecified atom stereocenters. The van der Waals surface area contributed by atoms with Crippen molar-refractivity contribution >= 4 is 0 Å². The van der Waals surface area contributed by atoms with Gasteiger partial charge in [0.25, 0.3) is 0 Å². The van der Waals surface area contributed by atoms with E-state index in [1.54, 1.807) is 0 Å². The van der Waals surface area contributed by atoms with Crippen molar-refractivity contribution < 1.29 is 0 Å². The number of hydrogen-bond acceptors (Lipinski definition) is 3. The van der Waals surface area contributed by atoms with Crippen LogP contribution in [0.5, 0.6) is 0 Å². The van der Waals surface area contributed by atoms with Crippen molar-refractivity contribution in [2.24, 2.45) is 5.41 Å². The van der Waals surface area contributed by atoms with Crippen LogP contribution in [0.3, 0.4) is 0 Å². The van der Waals surface area contributed by atoms with Gasteiger partial charge in [0.05, 0.1) is 0 Å². The second kappa shape index (κ2) is 8.50. The lowest BCUT2D eigenvalue weighted by molar-refractivity contribution is 0.132. The highest BCUT2D eigenvalue weighted by atomic mass is 15.2. The van der Waals surface area contributed by atoms with Gasteiger partial charge in [-0.25, -0.2) is 0 Å². The zero-order valence-corrected chi connectivity index (χ0v) is 15.5. The zero-order valence-electron chi connectivity index (χ0n) is 15.5. The van der Waals surface area contributed by atoms with Gasteiger partial charge < -0.3 is 15.1 Å². The SMILES string of the molecule is CCCN(CCN(C)C)CC1(CNC(C)(C)C)CCCC1. The van der Waals surface area contributed by atoms with Crippen LogP contribution in [0, 0.1) is 5.41 Å². The number of rotatable bonds is 9. The van der Waals surface area contributed by atoms with E-state index in [4.69, 9.17) is 0 Å². The van der Waals surface area contributed by atoms with Crippen molar-refractivity contribution in [3.05, 3.63) is 0 Å². The number of nitrogens with zero attached hydrogens (tertiary/aromatic N) is 2. The van der Waals surface area contributed by atoms with Crippen molar-refractivity contribution in [1.29, 1.82) is 0 Å². The van der Waals surface area contributed by atoms with E-state index in [1.807, 2.05) is 0 Å². The monoisotopic (exact) mass is 297 g/mol. The molecule has 0 saturated heterocycles. The third kappa shape index (κ3) is 7.62. The first-order valence-electron chi connectivity index (χ1n) is 8.88. The molecule has 0 aromatic carbocycles. The van der Waals surface area contributed by atoms with Crippen LogP contribution >= 0.6 is 0 Å². The quantitative estimate of drug-likeness (QED) is 0.705. The van der Waals surface area contributed by atoms with Gasteiger partial charge in [0.15, 0.2) is 0 Å². The lowest BCUT2D eigenvalue weighted by Crippen LogP contribution is -2.48. The largest absolute Gasteiger partial charge is 0.311 e. The maximum Gasteiger partial charge on any atom is 0.0109 e. The summed E-state index contributed by atoms with van der Waals surface area (Å²) in [5.74, 6) is 0. The average molecular weight is 298 g/mol. The molecule has 21 heavy (non-hydrogen) atoms. The second-order valence-electron chi connectivity index (χ2n) is 8.39. The highest BCUT2D eigenvalue weighted by Crippen LogP contribution is 2.38. The summed E-state index contributed by atoms with van der Waals surface area (Å²) in [5.41, 5.74) is 0.740. The number of nitrogens with one attached hydrogen (secondary N) is 1. The molecular weight excluding hydrogens is 258 g/mol. The summed E-state index contributed by atoms with van der Waals surface area (Å²) in [7, 11) is 4.35. The summed E-state index contributed by atoms with van der Waals surface area (Å²) in [4.78, 5) is 5.01. The highest BCUT2D eigenvalue weighted by Gasteiger charge is 2.36. The van der Waals surface area contributed by atoms with Gasteiger partial charge in [-0.3, -0.25) is 0 Å². The summed E-state index contributed by atoms with van der Waals surface area (Å²) in [6.07, 6.45) is 6.89. The molecule has 126 valence electrons. The van der Waals surface area contributed by atoms with Crippen LogP contribution in [-0.4, -0.2) is 62.2 Å². The molecule has 1 aliphatic rings. The maximum absolute atomic E-state index is 3.78. The van der Waals surface area contributed by atoms with Crippen molar-refractivity contribution in [1.82, 2.24) is 15.1 Å². The Morgan fingerprint density at radius 2 is 1.62 bits per heavy atom. The van der Waals surface area contributed by atoms with Crippen LogP contribution in [0.4, 0.5) is 0 Å². The first-order chi connectivity index (χ1) is 9.76. The molecule has 0 bridgehead atoms. The summed E-state index contributed by atoms with van der Waals surface area (Å²) in [6.45, 7) is 15.2. The fourth-order valence-electron chi connectivity index (χ4n) is 3.37. The van der Waals surface area contributed by atoms with E-state index >= 15 is 0 Å². The van der Waals surface area contributed by atoms with Crippen LogP contribution in [0.2, 0.25) is 0 Å². The van der Waals surface area contributed by atoms with Crippen LogP contribution in [0.1, 0.15) is 59.8 Å². The van der Waals surface area contributed by atoms with E-state index in [-0.39, 0.29) is 5.54 Å². The molecule has 1 saturated carbocycles. The van der Waals surface area contributed by atoms with E-state index in [0.717, 1.165) is 0 Å². The minimum atomic E-state index is 0.231. The Hall–Kier alpha value is -0.120. The summed E-state index contributed by atoms with van der Waals surface area (Å²) < 4.78 is 0. The summed E-state index contributed by atoms with van der Waals surface area (Å²) >= 11 is 0. The van der Waals surface area contributed by atoms with Crippen LogP contribution in [-0.2, 0) is 0 Å². The molecule has 0 aromatic heterocycles. The first kappa shape index (κ1) is 18.9. The molecule has 0 radical (unpaired) electrons. The predicted molar refractivity (Wildman–Crippen MR) is 93.9 cm³/mol. The number of hydrogen-bond donors (Lipinski definition) is 1. The van der Waals surface area contributed by atoms with Crippen molar-refractivity contribution in [2.45, 2.75) is 65.3 Å². The highest BCUT2D eigenvalue weighted by molar-refractivity contribution is 4.91. The lowest BCUT2D eigenvalue weighted by Gasteiger charge is -2.38. The minimum absolute atomic E-state index is 0.231. The Morgan fingerprint density at radius 1 is 1.00 bits per heavy atom. The molecule has 1 fully saturated rings. The second-order valence-corrected chi connectivity index (χ2v) is 8.39. The fourth-order valence-corrected chi connectivity index (χ4v) is 3.37. The van der Waals surface area contributed by atoms with Gasteiger partial charge in [-0.15, -0.1) is 0 Å². The third-order valence-electron chi connectivity index (χ3n) is 4.62. The van der Waals surface area contributed by atoms with E-state index < -0.39 is 0 Å². The van der Waals surface area contributed by atoms with E-state index in [1.165, 1.54) is 64.8 Å². The van der Waals surface area contributed by atoms with Crippen molar-refractivity contribution in [3.8, 4) is 0 Å². The Bertz CT molecular complexity index is 275. The molecule has 0 aliphatic heterocycles. The molecule has 0 aromatic rings. The van der Waals surface area contributed by atoms with Gasteiger partial charge in [-0.1, -0.05) is 19.8 Å². The molecule has 3 nitrogen and oxygen atoms in total. The van der Waals surface area contributed by atoms with Gasteiger partial charge >= 0.3 is 0 Å². The molecular formula is C18H39N3. The Labute approximate surface area is 133 Å². The Morgan fingerprint density at radius 3 is 2.10 bits per heavy atom. The van der Waals surface area contributed by atoms with Crippen molar-refractivity contribution in [3.63, 3.8) is 0 Å². The predicted octanol–water partition coefficient (Wildman–Crippen LogP) is 3.21. The van der Waals surface area contributed by atoms with Crippen LogP contribution in [0.15, 0.2) is 0 Å². The summed E-state index contributed by atoms with van der Waals surface area (Å²) in [6, 6.07) is 0. The van der Waals surface area contributed by atoms with E-state index in [9.17, 15) is 0 Å². The van der Waals surface area contributed by atoms with Crippen molar-refractivity contribution in [2.75, 3.05) is 46.8 Å². The summed E-state index contributed by atoms with van der Waals surface area (Å²) in [5, 5.41) is 3.78. The molecule has 0 spiro atoms. The van der Waals surface area contributed by atoms with Gasteiger partial charge in [0, 0.05) is 31.7 Å². The minimum Gasteiger partial charge on any atom is -0.311 e. The normalized spacial score (nSPS) is 18.9. The van der Waals surface area contributed by atoms with Gasteiger partial charge in [-0.05, 0) is 66.1 Å². The first-order valence-corrected chi connectivity index (χ1v) is 8.88. The van der Waals surface area contributed by atoms with Gasteiger partial charge in [0.2, 0.25) is 0 Å². The zero-order chi connectivity index (χ0) is 15.9. The van der Waals surface area contributed by atoms with E-state index in [2.05, 4.69) is 56.9 Å². The number of likely N-dealkylation sites (N-methyl/N-ethyl adjacent to an activating group) is 1. The molecule has 3 heteroatoms. The Kier molecular flexibility index (Phi) is 7.66. The smallest absolute Gasteiger partial charge is 0.0109 e. The van der Waals surface area contributed by atoms with Gasteiger partial charge in [-0.2, -0.15) is 0 Å². The Balaban J connectivity index is 2.60. The standard InChI is InChI=1S/C18H39N3/c1-7-12-21(14-13-20(5)6)16-18(10-8-9-11-18)15-19-17(2,3)4/h19H,7-16H2,1-6H3. The molecule has 0 heterocycles. The molecule has 0 atom stereocenters. The van der Waals surface area contributed by atoms with Crippen LogP contribution < -0.4 is 5.32 Å². The van der Waals surface area contributed by atoms with E-state index in [0.29, 0.717) is 5.41 Å². The lowest BCUT2D eigenvalue weighted by atomic mass is 9.84. The molecule has 1 N–H and O–H groups in total. The molecule has 0 amide bonds. The average Bonchev–Trinajstić information content (AvgIpc) is 2.82. The topological polar surface area (TPSA) is 18.5 Å².